The third-order valence-electron chi connectivity index (χ3n) is 8.22. The fraction of sp³-hybridized carbons (Fsp3) is 0.846. The number of carbonyl (C=O) groups is 2. The predicted octanol–water partition coefficient (Wildman–Crippen LogP) is 9.77. The van der Waals surface area contributed by atoms with Crippen molar-refractivity contribution in [2.24, 2.45) is 0 Å². The molecule has 288 valence electrons. The van der Waals surface area contributed by atoms with Gasteiger partial charge in [0.05, 0.1) is 27.7 Å². The van der Waals surface area contributed by atoms with E-state index in [1.165, 1.54) is 70.6 Å². The van der Waals surface area contributed by atoms with Gasteiger partial charge in [-0.3, -0.25) is 14.2 Å². The summed E-state index contributed by atoms with van der Waals surface area (Å²) in [6, 6.07) is 0. The molecule has 0 bridgehead atoms. The molecule has 10 heteroatoms. The van der Waals surface area contributed by atoms with Gasteiger partial charge in [0.1, 0.15) is 19.8 Å². The Morgan fingerprint density at radius 1 is 0.633 bits per heavy atom. The van der Waals surface area contributed by atoms with Crippen molar-refractivity contribution in [3.8, 4) is 0 Å². The number of hydrogen-bond acceptors (Lipinski definition) is 8. The van der Waals surface area contributed by atoms with Crippen molar-refractivity contribution in [2.45, 2.75) is 168 Å². The van der Waals surface area contributed by atoms with Crippen LogP contribution in [-0.4, -0.2) is 70.0 Å². The van der Waals surface area contributed by atoms with Gasteiger partial charge in [-0.2, -0.15) is 0 Å². The average Bonchev–Trinajstić information content (AvgIpc) is 3.04. The SMILES string of the molecule is CCCCCC/C=C\C/C=C\CCCCCCCC(=O)OC(COC(=O)CCCCCCCCCCC)COP(=O)([O-])OCC[N+](C)(C)C. The minimum atomic E-state index is -4.62. The van der Waals surface area contributed by atoms with E-state index in [4.69, 9.17) is 18.5 Å². The molecule has 0 aromatic heterocycles. The smallest absolute Gasteiger partial charge is 0.306 e. The Morgan fingerprint density at radius 3 is 1.63 bits per heavy atom. The van der Waals surface area contributed by atoms with Crippen LogP contribution in [0.3, 0.4) is 0 Å². The van der Waals surface area contributed by atoms with Crippen LogP contribution in [0.5, 0.6) is 0 Å². The summed E-state index contributed by atoms with van der Waals surface area (Å²) in [4.78, 5) is 37.3. The van der Waals surface area contributed by atoms with E-state index in [0.717, 1.165) is 57.8 Å². The van der Waals surface area contributed by atoms with E-state index >= 15 is 0 Å². The Balaban J connectivity index is 4.43. The highest BCUT2D eigenvalue weighted by Gasteiger charge is 2.21. The second-order valence-corrected chi connectivity index (χ2v) is 15.7. The summed E-state index contributed by atoms with van der Waals surface area (Å²) in [6.07, 6.45) is 32.1. The summed E-state index contributed by atoms with van der Waals surface area (Å²) in [5, 5.41) is 0. The Morgan fingerprint density at radius 2 is 1.10 bits per heavy atom. The van der Waals surface area contributed by atoms with Gasteiger partial charge in [-0.1, -0.05) is 128 Å². The molecule has 0 aliphatic rings. The topological polar surface area (TPSA) is 111 Å². The predicted molar refractivity (Wildman–Crippen MR) is 199 cm³/mol. The molecule has 0 aromatic rings. The monoisotopic (exact) mass is 716 g/mol. The van der Waals surface area contributed by atoms with Crippen LogP contribution in [0.4, 0.5) is 0 Å². The van der Waals surface area contributed by atoms with Gasteiger partial charge in [0, 0.05) is 12.8 Å². The molecule has 0 saturated heterocycles. The van der Waals surface area contributed by atoms with Crippen molar-refractivity contribution in [2.75, 3.05) is 47.5 Å². The van der Waals surface area contributed by atoms with Gasteiger partial charge in [0.2, 0.25) is 0 Å². The highest BCUT2D eigenvalue weighted by atomic mass is 31.2. The van der Waals surface area contributed by atoms with E-state index in [-0.39, 0.29) is 26.1 Å². The number of ether oxygens (including phenoxy) is 2. The average molecular weight is 716 g/mol. The van der Waals surface area contributed by atoms with Gasteiger partial charge in [-0.05, 0) is 44.9 Å². The zero-order valence-electron chi connectivity index (χ0n) is 32.1. The van der Waals surface area contributed by atoms with E-state index < -0.39 is 32.5 Å². The number of hydrogen-bond donors (Lipinski definition) is 0. The molecule has 0 spiro atoms. The Bertz CT molecular complexity index is 902. The fourth-order valence-corrected chi connectivity index (χ4v) is 5.82. The molecule has 0 N–H and O–H groups in total. The molecule has 0 saturated carbocycles. The van der Waals surface area contributed by atoms with Crippen molar-refractivity contribution in [1.82, 2.24) is 0 Å². The number of rotatable bonds is 35. The van der Waals surface area contributed by atoms with Crippen LogP contribution in [0.25, 0.3) is 0 Å². The lowest BCUT2D eigenvalue weighted by atomic mass is 10.1. The molecule has 0 radical (unpaired) electrons. The number of esters is 2. The maximum atomic E-state index is 12.6. The van der Waals surface area contributed by atoms with Gasteiger partial charge < -0.3 is 27.9 Å². The summed E-state index contributed by atoms with van der Waals surface area (Å²) in [5.74, 6) is -0.853. The first-order valence-electron chi connectivity index (χ1n) is 19.5. The van der Waals surface area contributed by atoms with Crippen LogP contribution in [0.2, 0.25) is 0 Å². The van der Waals surface area contributed by atoms with Gasteiger partial charge in [-0.25, -0.2) is 0 Å². The Hall–Kier alpha value is -1.51. The number of carbonyl (C=O) groups excluding carboxylic acids is 2. The summed E-state index contributed by atoms with van der Waals surface area (Å²) < 4.78 is 33.7. The van der Waals surface area contributed by atoms with Crippen molar-refractivity contribution in [3.05, 3.63) is 24.3 Å². The lowest BCUT2D eigenvalue weighted by Gasteiger charge is -2.28. The highest BCUT2D eigenvalue weighted by molar-refractivity contribution is 7.45. The zero-order valence-corrected chi connectivity index (χ0v) is 33.0. The van der Waals surface area contributed by atoms with E-state index in [0.29, 0.717) is 17.4 Å². The quantitative estimate of drug-likeness (QED) is 0.0210. The molecule has 2 atom stereocenters. The number of quaternary nitrogens is 1. The number of phosphoric acid groups is 1. The molecule has 0 amide bonds. The molecule has 49 heavy (non-hydrogen) atoms. The maximum absolute atomic E-state index is 12.6. The number of unbranched alkanes of at least 4 members (excludes halogenated alkanes) is 17. The van der Waals surface area contributed by atoms with Crippen LogP contribution >= 0.6 is 7.82 Å². The third-order valence-corrected chi connectivity index (χ3v) is 9.19. The first-order valence-corrected chi connectivity index (χ1v) is 21.0. The summed E-state index contributed by atoms with van der Waals surface area (Å²) in [6.45, 7) is 4.16. The lowest BCUT2D eigenvalue weighted by molar-refractivity contribution is -0.870. The van der Waals surface area contributed by atoms with Crippen LogP contribution in [0.1, 0.15) is 162 Å². The number of nitrogens with zero attached hydrogens (tertiary/aromatic N) is 1. The van der Waals surface area contributed by atoms with Crippen LogP contribution < -0.4 is 4.89 Å². The molecule has 0 aromatic carbocycles. The minimum Gasteiger partial charge on any atom is -0.756 e. The van der Waals surface area contributed by atoms with E-state index in [2.05, 4.69) is 38.2 Å². The van der Waals surface area contributed by atoms with Gasteiger partial charge >= 0.3 is 11.9 Å². The summed E-state index contributed by atoms with van der Waals surface area (Å²) in [7, 11) is 1.16. The number of allylic oxidation sites excluding steroid dienone is 4. The second-order valence-electron chi connectivity index (χ2n) is 14.3. The normalized spacial score (nSPS) is 14.0. The first kappa shape index (κ1) is 47.5. The summed E-state index contributed by atoms with van der Waals surface area (Å²) in [5.41, 5.74) is 0. The number of likely N-dealkylation sites (N-methyl/N-ethyl adjacent to an activating group) is 1. The van der Waals surface area contributed by atoms with Crippen LogP contribution in [0, 0.1) is 0 Å². The molecule has 0 aliphatic carbocycles. The van der Waals surface area contributed by atoms with Gasteiger partial charge in [-0.15, -0.1) is 0 Å². The third kappa shape index (κ3) is 36.1. The second kappa shape index (κ2) is 32.4. The zero-order chi connectivity index (χ0) is 36.5. The fourth-order valence-electron chi connectivity index (χ4n) is 5.09. The van der Waals surface area contributed by atoms with E-state index in [9.17, 15) is 19.0 Å². The van der Waals surface area contributed by atoms with Crippen LogP contribution in [0.15, 0.2) is 24.3 Å². The standard InChI is InChI=1S/C39H74NO8P/c1-6-8-10-12-14-16-17-18-19-20-21-22-24-26-28-30-32-39(42)48-37(36-47-49(43,44)46-34-33-40(3,4)5)35-45-38(41)31-29-27-25-23-15-13-11-9-7-2/h16-17,19-20,37H,6-15,18,21-36H2,1-5H3/b17-16-,20-19-. The van der Waals surface area contributed by atoms with Gasteiger partial charge in [0.25, 0.3) is 7.82 Å². The molecular formula is C39H74NO8P. The molecular weight excluding hydrogens is 641 g/mol. The molecule has 0 fully saturated rings. The van der Waals surface area contributed by atoms with Crippen molar-refractivity contribution < 1.29 is 42.1 Å². The Labute approximate surface area is 300 Å². The first-order chi connectivity index (χ1) is 23.5. The molecule has 0 heterocycles. The molecule has 9 nitrogen and oxygen atoms in total. The highest BCUT2D eigenvalue weighted by Crippen LogP contribution is 2.38. The molecule has 0 rings (SSSR count). The van der Waals surface area contributed by atoms with Gasteiger partial charge in [0.15, 0.2) is 6.10 Å². The lowest BCUT2D eigenvalue weighted by Crippen LogP contribution is -2.37. The molecule has 0 aliphatic heterocycles. The maximum Gasteiger partial charge on any atom is 0.306 e. The molecule has 2 unspecified atom stereocenters. The summed E-state index contributed by atoms with van der Waals surface area (Å²) >= 11 is 0. The Kier molecular flexibility index (Phi) is 31.4. The van der Waals surface area contributed by atoms with E-state index in [1.807, 2.05) is 21.1 Å². The van der Waals surface area contributed by atoms with Crippen LogP contribution in [-0.2, 0) is 32.7 Å². The van der Waals surface area contributed by atoms with E-state index in [1.54, 1.807) is 0 Å². The minimum absolute atomic E-state index is 0.0324. The largest absolute Gasteiger partial charge is 0.756 e. The number of phosphoric ester groups is 1. The van der Waals surface area contributed by atoms with Crippen molar-refractivity contribution >= 4 is 19.8 Å². The van der Waals surface area contributed by atoms with Crippen molar-refractivity contribution in [1.29, 1.82) is 0 Å². The van der Waals surface area contributed by atoms with Crippen molar-refractivity contribution in [3.63, 3.8) is 0 Å².